The van der Waals surface area contributed by atoms with Crippen molar-refractivity contribution in [3.05, 3.63) is 24.8 Å². The van der Waals surface area contributed by atoms with E-state index >= 15 is 0 Å². The normalized spacial score (nSPS) is 25.0. The van der Waals surface area contributed by atoms with E-state index in [9.17, 15) is 14.4 Å². The molecule has 0 aliphatic heterocycles. The average molecular weight is 392 g/mol. The topological polar surface area (TPSA) is 108 Å². The number of rotatable bonds is 8. The maximum Gasteiger partial charge on any atom is 0.314 e. The molecule has 0 aromatic carbocycles. The lowest BCUT2D eigenvalue weighted by molar-refractivity contribution is -0.148. The van der Waals surface area contributed by atoms with Gasteiger partial charge in [0.2, 0.25) is 5.91 Å². The number of hydrogen-bond donors (Lipinski definition) is 3. The molecule has 1 saturated carbocycles. The van der Waals surface area contributed by atoms with Gasteiger partial charge in [-0.3, -0.25) is 14.4 Å². The maximum atomic E-state index is 13.4. The summed E-state index contributed by atoms with van der Waals surface area (Å²) in [5.74, 6) is -1.99. The summed E-state index contributed by atoms with van der Waals surface area (Å²) >= 11 is 0. The van der Waals surface area contributed by atoms with E-state index in [-0.39, 0.29) is 23.8 Å². The van der Waals surface area contributed by atoms with E-state index in [2.05, 4.69) is 23.8 Å². The van der Waals surface area contributed by atoms with Crippen LogP contribution < -0.4 is 10.6 Å². The molecular formula is C21H33N3O4. The zero-order valence-corrected chi connectivity index (χ0v) is 17.6. The molecule has 28 heavy (non-hydrogen) atoms. The summed E-state index contributed by atoms with van der Waals surface area (Å²) in [6.45, 7) is 14.9. The molecule has 7 heteroatoms. The third-order valence-electron chi connectivity index (χ3n) is 5.22. The van der Waals surface area contributed by atoms with Crippen molar-refractivity contribution < 1.29 is 19.1 Å². The fourth-order valence-corrected chi connectivity index (χ4v) is 3.54. The van der Waals surface area contributed by atoms with Gasteiger partial charge >= 0.3 is 5.97 Å². The predicted octanol–water partition coefficient (Wildman–Crippen LogP) is 2.17. The number of ether oxygens (including phenoxy) is 1. The highest BCUT2D eigenvalue weighted by Gasteiger charge is 2.54. The van der Waals surface area contributed by atoms with Gasteiger partial charge in [-0.05, 0) is 18.3 Å². The average Bonchev–Trinajstić information content (AvgIpc) is 2.59. The Morgan fingerprint density at radius 3 is 2.43 bits per heavy atom. The number of carbonyl (C=O) groups is 3. The van der Waals surface area contributed by atoms with Gasteiger partial charge in [0.15, 0.2) is 5.78 Å². The maximum absolute atomic E-state index is 13.4. The lowest BCUT2D eigenvalue weighted by Gasteiger charge is -2.47. The van der Waals surface area contributed by atoms with Gasteiger partial charge in [0.25, 0.3) is 0 Å². The van der Waals surface area contributed by atoms with E-state index in [1.54, 1.807) is 6.08 Å². The molecular weight excluding hydrogens is 358 g/mol. The zero-order chi connectivity index (χ0) is 21.7. The van der Waals surface area contributed by atoms with Crippen LogP contribution >= 0.6 is 0 Å². The number of esters is 1. The minimum Gasteiger partial charge on any atom is -0.469 e. The quantitative estimate of drug-likeness (QED) is 0.334. The molecule has 0 radical (unpaired) electrons. The smallest absolute Gasteiger partial charge is 0.314 e. The molecule has 1 aliphatic carbocycles. The monoisotopic (exact) mass is 391 g/mol. The van der Waals surface area contributed by atoms with Crippen LogP contribution in [-0.4, -0.2) is 48.6 Å². The van der Waals surface area contributed by atoms with Crippen molar-refractivity contribution in [1.82, 2.24) is 10.6 Å². The standard InChI is InChI=1S/C21H33N3O4/c1-8-11-23-18-17(19(27)28-7)13(2)9-10-21(18,24-14(3)25)16(26)12-15(22)20(4,5)6/h8,17-18,22-23H,1-2,9-12H2,3-7H3,(H,24,25)/t17-,18?,21?/m0/s1. The van der Waals surface area contributed by atoms with Crippen molar-refractivity contribution in [2.24, 2.45) is 11.3 Å². The number of ketones is 1. The number of methoxy groups -OCH3 is 1. The number of carbonyl (C=O) groups excluding carboxylic acids is 3. The number of hydrogen-bond acceptors (Lipinski definition) is 6. The molecule has 3 N–H and O–H groups in total. The van der Waals surface area contributed by atoms with Gasteiger partial charge in [0.05, 0.1) is 19.1 Å². The first-order chi connectivity index (χ1) is 12.9. The van der Waals surface area contributed by atoms with Crippen molar-refractivity contribution in [2.75, 3.05) is 13.7 Å². The van der Waals surface area contributed by atoms with Crippen LogP contribution in [0.5, 0.6) is 0 Å². The lowest BCUT2D eigenvalue weighted by Crippen LogP contribution is -2.71. The van der Waals surface area contributed by atoms with Crippen molar-refractivity contribution in [2.45, 2.75) is 58.5 Å². The van der Waals surface area contributed by atoms with Crippen LogP contribution in [-0.2, 0) is 19.1 Å². The van der Waals surface area contributed by atoms with Gasteiger partial charge in [0, 0.05) is 25.6 Å². The fourth-order valence-electron chi connectivity index (χ4n) is 3.54. The van der Waals surface area contributed by atoms with Crippen molar-refractivity contribution in [3.8, 4) is 0 Å². The molecule has 2 unspecified atom stereocenters. The Kier molecular flexibility index (Phi) is 7.87. The van der Waals surface area contributed by atoms with Crippen molar-refractivity contribution in [1.29, 1.82) is 5.41 Å². The molecule has 0 bridgehead atoms. The predicted molar refractivity (Wildman–Crippen MR) is 109 cm³/mol. The summed E-state index contributed by atoms with van der Waals surface area (Å²) < 4.78 is 4.95. The Hall–Kier alpha value is -2.28. The number of nitrogens with one attached hydrogen (secondary N) is 3. The van der Waals surface area contributed by atoms with E-state index in [1.165, 1.54) is 14.0 Å². The minimum absolute atomic E-state index is 0.115. The lowest BCUT2D eigenvalue weighted by atomic mass is 9.65. The second-order valence-electron chi connectivity index (χ2n) is 8.31. The van der Waals surface area contributed by atoms with E-state index in [0.717, 1.165) is 0 Å². The third kappa shape index (κ3) is 5.16. The summed E-state index contributed by atoms with van der Waals surface area (Å²) in [5.41, 5.74) is -0.902. The van der Waals surface area contributed by atoms with E-state index in [1.807, 2.05) is 20.8 Å². The molecule has 1 fully saturated rings. The Labute approximate surface area is 167 Å². The Balaban J connectivity index is 3.47. The molecule has 0 aromatic heterocycles. The van der Waals surface area contributed by atoms with Gasteiger partial charge < -0.3 is 20.8 Å². The molecule has 0 heterocycles. The van der Waals surface area contributed by atoms with Gasteiger partial charge in [-0.25, -0.2) is 0 Å². The van der Waals surface area contributed by atoms with Crippen LogP contribution in [0.25, 0.3) is 0 Å². The second-order valence-corrected chi connectivity index (χ2v) is 8.31. The van der Waals surface area contributed by atoms with Crippen molar-refractivity contribution >= 4 is 23.4 Å². The molecule has 1 aliphatic rings. The molecule has 0 saturated heterocycles. The molecule has 1 rings (SSSR count). The van der Waals surface area contributed by atoms with E-state index in [0.29, 0.717) is 25.0 Å². The first-order valence-corrected chi connectivity index (χ1v) is 9.40. The highest BCUT2D eigenvalue weighted by molar-refractivity contribution is 6.08. The van der Waals surface area contributed by atoms with Crippen LogP contribution in [0.1, 0.15) is 47.0 Å². The van der Waals surface area contributed by atoms with Gasteiger partial charge in [-0.2, -0.15) is 0 Å². The Morgan fingerprint density at radius 1 is 1.36 bits per heavy atom. The van der Waals surface area contributed by atoms with Gasteiger partial charge in [-0.15, -0.1) is 6.58 Å². The molecule has 0 aromatic rings. The largest absolute Gasteiger partial charge is 0.469 e. The molecule has 1 amide bonds. The summed E-state index contributed by atoms with van der Waals surface area (Å²) in [5, 5.41) is 14.3. The highest BCUT2D eigenvalue weighted by atomic mass is 16.5. The first-order valence-electron chi connectivity index (χ1n) is 9.40. The SMILES string of the molecule is C=CCNC1[C@@H](C(=O)OC)C(=C)CCC1(NC(C)=O)C(=O)CC(=N)C(C)(C)C. The molecule has 7 nitrogen and oxygen atoms in total. The third-order valence-corrected chi connectivity index (χ3v) is 5.22. The van der Waals surface area contributed by atoms with E-state index < -0.39 is 28.9 Å². The van der Waals surface area contributed by atoms with Crippen LogP contribution in [0.3, 0.4) is 0 Å². The van der Waals surface area contributed by atoms with Crippen LogP contribution in [0.4, 0.5) is 0 Å². The summed E-state index contributed by atoms with van der Waals surface area (Å²) in [6.07, 6.45) is 2.19. The summed E-state index contributed by atoms with van der Waals surface area (Å²) in [7, 11) is 1.28. The zero-order valence-electron chi connectivity index (χ0n) is 17.6. The number of amides is 1. The van der Waals surface area contributed by atoms with Crippen LogP contribution in [0.2, 0.25) is 0 Å². The fraction of sp³-hybridized carbons (Fsp3) is 0.619. The summed E-state index contributed by atoms with van der Waals surface area (Å²) in [4.78, 5) is 38.0. The first kappa shape index (κ1) is 23.8. The number of Topliss-reactive ketones (excluding diaryl/α,β-unsaturated/α-hetero) is 1. The molecule has 0 spiro atoms. The molecule has 156 valence electrons. The highest BCUT2D eigenvalue weighted by Crippen LogP contribution is 2.38. The van der Waals surface area contributed by atoms with Crippen molar-refractivity contribution in [3.63, 3.8) is 0 Å². The Bertz CT molecular complexity index is 670. The Morgan fingerprint density at radius 2 is 1.96 bits per heavy atom. The van der Waals surface area contributed by atoms with E-state index in [4.69, 9.17) is 10.1 Å². The van der Waals surface area contributed by atoms with Gasteiger partial charge in [-0.1, -0.05) is 39.0 Å². The minimum atomic E-state index is -1.34. The van der Waals surface area contributed by atoms with Crippen LogP contribution in [0.15, 0.2) is 24.8 Å². The second kappa shape index (κ2) is 9.28. The summed E-state index contributed by atoms with van der Waals surface area (Å²) in [6, 6.07) is -0.747. The van der Waals surface area contributed by atoms with Crippen LogP contribution in [0, 0.1) is 16.7 Å². The molecule has 3 atom stereocenters. The van der Waals surface area contributed by atoms with Gasteiger partial charge in [0.1, 0.15) is 5.54 Å².